The lowest BCUT2D eigenvalue weighted by Crippen LogP contribution is -2.40. The van der Waals surface area contributed by atoms with Crippen molar-refractivity contribution in [3.8, 4) is 0 Å². The van der Waals surface area contributed by atoms with Crippen LogP contribution in [0.25, 0.3) is 0 Å². The molecule has 1 unspecified atom stereocenters. The Bertz CT molecular complexity index is 431. The van der Waals surface area contributed by atoms with Crippen molar-refractivity contribution in [2.24, 2.45) is 5.92 Å². The second-order valence-corrected chi connectivity index (χ2v) is 5.04. The molecule has 0 aliphatic rings. The normalized spacial score (nSPS) is 12.1. The molecule has 0 fully saturated rings. The van der Waals surface area contributed by atoms with Gasteiger partial charge in [-0.05, 0) is 18.1 Å². The zero-order valence-corrected chi connectivity index (χ0v) is 12.3. The van der Waals surface area contributed by atoms with Crippen LogP contribution in [0.5, 0.6) is 0 Å². The van der Waals surface area contributed by atoms with Gasteiger partial charge in [0.25, 0.3) is 0 Å². The van der Waals surface area contributed by atoms with Crippen molar-refractivity contribution < 1.29 is 23.8 Å². The topological polar surface area (TPSA) is 101 Å². The Kier molecular flexibility index (Phi) is 7.31. The highest BCUT2D eigenvalue weighted by Gasteiger charge is 2.17. The summed E-state index contributed by atoms with van der Waals surface area (Å²) in [5.41, 5.74) is 0. The van der Waals surface area contributed by atoms with E-state index in [2.05, 4.69) is 10.6 Å². The molecule has 0 saturated carbocycles. The van der Waals surface area contributed by atoms with E-state index < -0.39 is 18.0 Å². The van der Waals surface area contributed by atoms with Crippen molar-refractivity contribution in [1.82, 2.24) is 10.6 Å². The fraction of sp³-hybridized carbons (Fsp3) is 0.571. The van der Waals surface area contributed by atoms with Crippen LogP contribution in [0, 0.1) is 5.92 Å². The molecule has 1 aromatic heterocycles. The van der Waals surface area contributed by atoms with Gasteiger partial charge in [0.05, 0.1) is 19.3 Å². The molecule has 0 aliphatic heterocycles. The number of nitrogens with one attached hydrogen (secondary N) is 2. The standard InChI is InChI=1S/C14H22N2O5/c1-10(2)8-20-9-11(12-4-3-7-21-12)16-14(19)15-6-5-13(17)18/h3-4,7,10-11H,5-6,8-9H2,1-2H3,(H,17,18)(H2,15,16,19). The Morgan fingerprint density at radius 1 is 1.38 bits per heavy atom. The van der Waals surface area contributed by atoms with Crippen LogP contribution in [0.2, 0.25) is 0 Å². The van der Waals surface area contributed by atoms with Gasteiger partial charge in [0.15, 0.2) is 0 Å². The van der Waals surface area contributed by atoms with Crippen molar-refractivity contribution in [3.05, 3.63) is 24.2 Å². The summed E-state index contributed by atoms with van der Waals surface area (Å²) in [6, 6.07) is 2.62. The first-order valence-electron chi connectivity index (χ1n) is 6.86. The first-order chi connectivity index (χ1) is 9.99. The Morgan fingerprint density at radius 3 is 2.71 bits per heavy atom. The van der Waals surface area contributed by atoms with Crippen molar-refractivity contribution in [2.45, 2.75) is 26.3 Å². The molecule has 3 N–H and O–H groups in total. The van der Waals surface area contributed by atoms with Crippen LogP contribution >= 0.6 is 0 Å². The van der Waals surface area contributed by atoms with Crippen LogP contribution in [0.1, 0.15) is 32.1 Å². The van der Waals surface area contributed by atoms with Gasteiger partial charge >= 0.3 is 12.0 Å². The summed E-state index contributed by atoms with van der Waals surface area (Å²) in [6.07, 6.45) is 1.40. The second-order valence-electron chi connectivity index (χ2n) is 5.04. The number of carbonyl (C=O) groups is 2. The molecule has 7 heteroatoms. The molecule has 118 valence electrons. The molecule has 1 rings (SSSR count). The predicted octanol–water partition coefficient (Wildman–Crippen LogP) is 1.77. The van der Waals surface area contributed by atoms with Gasteiger partial charge in [0.1, 0.15) is 11.8 Å². The Balaban J connectivity index is 2.45. The van der Waals surface area contributed by atoms with Gasteiger partial charge in [0.2, 0.25) is 0 Å². The van der Waals surface area contributed by atoms with Crippen molar-refractivity contribution in [2.75, 3.05) is 19.8 Å². The van der Waals surface area contributed by atoms with Gasteiger partial charge in [-0.3, -0.25) is 4.79 Å². The lowest BCUT2D eigenvalue weighted by molar-refractivity contribution is -0.136. The summed E-state index contributed by atoms with van der Waals surface area (Å²) < 4.78 is 10.8. The van der Waals surface area contributed by atoms with Crippen molar-refractivity contribution in [3.63, 3.8) is 0 Å². The van der Waals surface area contributed by atoms with Crippen molar-refractivity contribution >= 4 is 12.0 Å². The number of amides is 2. The molecule has 0 radical (unpaired) electrons. The maximum Gasteiger partial charge on any atom is 0.315 e. The van der Waals surface area contributed by atoms with E-state index in [-0.39, 0.29) is 19.6 Å². The molecule has 0 saturated heterocycles. The molecule has 0 aromatic carbocycles. The summed E-state index contributed by atoms with van der Waals surface area (Å²) >= 11 is 0. The highest BCUT2D eigenvalue weighted by Crippen LogP contribution is 2.14. The van der Waals surface area contributed by atoms with E-state index in [0.29, 0.717) is 18.3 Å². The molecular weight excluding hydrogens is 276 g/mol. The van der Waals surface area contributed by atoms with E-state index in [4.69, 9.17) is 14.3 Å². The average Bonchev–Trinajstić information content (AvgIpc) is 2.90. The third-order valence-electron chi connectivity index (χ3n) is 2.55. The maximum atomic E-state index is 11.7. The van der Waals surface area contributed by atoms with E-state index >= 15 is 0 Å². The molecule has 21 heavy (non-hydrogen) atoms. The quantitative estimate of drug-likeness (QED) is 0.645. The smallest absolute Gasteiger partial charge is 0.315 e. The fourth-order valence-corrected chi connectivity index (χ4v) is 1.60. The number of carboxylic acid groups (broad SMARTS) is 1. The van der Waals surface area contributed by atoms with Gasteiger partial charge < -0.3 is 24.9 Å². The number of furan rings is 1. The summed E-state index contributed by atoms with van der Waals surface area (Å²) in [5, 5.41) is 13.7. The lowest BCUT2D eigenvalue weighted by atomic mass is 10.2. The number of carboxylic acids is 1. The second kappa shape index (κ2) is 9.02. The number of hydrogen-bond acceptors (Lipinski definition) is 4. The Hall–Kier alpha value is -2.02. The van der Waals surface area contributed by atoms with Crippen LogP contribution in [0.3, 0.4) is 0 Å². The van der Waals surface area contributed by atoms with Gasteiger partial charge in [-0.25, -0.2) is 4.79 Å². The molecule has 2 amide bonds. The maximum absolute atomic E-state index is 11.7. The van der Waals surface area contributed by atoms with Crippen LogP contribution < -0.4 is 10.6 Å². The molecule has 0 spiro atoms. The third kappa shape index (κ3) is 7.36. The Labute approximate surface area is 123 Å². The number of hydrogen-bond donors (Lipinski definition) is 3. The first kappa shape index (κ1) is 17.0. The van der Waals surface area contributed by atoms with Crippen LogP contribution in [0.15, 0.2) is 22.8 Å². The predicted molar refractivity (Wildman–Crippen MR) is 75.9 cm³/mol. The largest absolute Gasteiger partial charge is 0.481 e. The highest BCUT2D eigenvalue weighted by molar-refractivity contribution is 5.75. The number of ether oxygens (including phenoxy) is 1. The SMILES string of the molecule is CC(C)COCC(NC(=O)NCCC(=O)O)c1ccco1. The van der Waals surface area contributed by atoms with E-state index in [1.165, 1.54) is 6.26 Å². The molecule has 0 bridgehead atoms. The van der Waals surface area contributed by atoms with Crippen LogP contribution in [-0.4, -0.2) is 36.9 Å². The van der Waals surface area contributed by atoms with E-state index in [0.717, 1.165) is 0 Å². The van der Waals surface area contributed by atoms with E-state index in [9.17, 15) is 9.59 Å². The number of urea groups is 1. The summed E-state index contributed by atoms with van der Waals surface area (Å²) in [7, 11) is 0. The monoisotopic (exact) mass is 298 g/mol. The van der Waals surface area contributed by atoms with Gasteiger partial charge in [-0.2, -0.15) is 0 Å². The van der Waals surface area contributed by atoms with Gasteiger partial charge in [-0.1, -0.05) is 13.8 Å². The fourth-order valence-electron chi connectivity index (χ4n) is 1.60. The summed E-state index contributed by atoms with van der Waals surface area (Å²) in [4.78, 5) is 22.1. The number of aliphatic carboxylic acids is 1. The van der Waals surface area contributed by atoms with Gasteiger partial charge in [0, 0.05) is 13.2 Å². The van der Waals surface area contributed by atoms with Crippen molar-refractivity contribution in [1.29, 1.82) is 0 Å². The molecule has 1 heterocycles. The van der Waals surface area contributed by atoms with Gasteiger partial charge in [-0.15, -0.1) is 0 Å². The number of carbonyl (C=O) groups excluding carboxylic acids is 1. The van der Waals surface area contributed by atoms with Crippen LogP contribution in [-0.2, 0) is 9.53 Å². The molecular formula is C14H22N2O5. The average molecular weight is 298 g/mol. The Morgan fingerprint density at radius 2 is 2.14 bits per heavy atom. The molecule has 1 aromatic rings. The minimum Gasteiger partial charge on any atom is -0.481 e. The molecule has 0 aliphatic carbocycles. The summed E-state index contributed by atoms with van der Waals surface area (Å²) in [6.45, 7) is 5.01. The molecule has 1 atom stereocenters. The lowest BCUT2D eigenvalue weighted by Gasteiger charge is -2.18. The first-order valence-corrected chi connectivity index (χ1v) is 6.86. The zero-order chi connectivity index (χ0) is 15.7. The summed E-state index contributed by atoms with van der Waals surface area (Å²) in [5.74, 6) is 0.0249. The highest BCUT2D eigenvalue weighted by atomic mass is 16.5. The molecule has 7 nitrogen and oxygen atoms in total. The minimum atomic E-state index is -0.960. The minimum absolute atomic E-state index is 0.0683. The number of rotatable bonds is 9. The van der Waals surface area contributed by atoms with Crippen LogP contribution in [0.4, 0.5) is 4.79 Å². The van der Waals surface area contributed by atoms with E-state index in [1.54, 1.807) is 12.1 Å². The van der Waals surface area contributed by atoms with E-state index in [1.807, 2.05) is 13.8 Å². The third-order valence-corrected chi connectivity index (χ3v) is 2.55. The zero-order valence-electron chi connectivity index (χ0n) is 12.3.